The van der Waals surface area contributed by atoms with Gasteiger partial charge in [-0.05, 0) is 29.8 Å². The van der Waals surface area contributed by atoms with Crippen molar-refractivity contribution in [1.82, 2.24) is 20.1 Å². The molecular formula is C19H16Cl2N4O2. The van der Waals surface area contributed by atoms with Gasteiger partial charge in [-0.1, -0.05) is 35.3 Å². The fraction of sp³-hybridized carbons (Fsp3) is 0.211. The lowest BCUT2D eigenvalue weighted by Crippen LogP contribution is -2.45. The van der Waals surface area contributed by atoms with Gasteiger partial charge in [0.1, 0.15) is 0 Å². The number of pyridine rings is 1. The van der Waals surface area contributed by atoms with Gasteiger partial charge in [-0.2, -0.15) is 0 Å². The second-order valence-corrected chi connectivity index (χ2v) is 7.29. The first-order valence-electron chi connectivity index (χ1n) is 8.37. The monoisotopic (exact) mass is 402 g/mol. The van der Waals surface area contributed by atoms with E-state index >= 15 is 0 Å². The summed E-state index contributed by atoms with van der Waals surface area (Å²) in [7, 11) is 1.65. The van der Waals surface area contributed by atoms with Crippen LogP contribution in [0.25, 0.3) is 0 Å². The molecule has 3 amide bonds. The number of nitrogens with zero attached hydrogens (tertiary/aromatic N) is 3. The van der Waals surface area contributed by atoms with Gasteiger partial charge < -0.3 is 10.2 Å². The van der Waals surface area contributed by atoms with Crippen LogP contribution >= 0.6 is 23.2 Å². The standard InChI is InChI=1S/C19H16Cl2N4O2/c1-24-15-10-25(9-12-4-2-3-7-22-12)18(26)16(15)17(23-19(24)27)13-6-5-11(20)8-14(13)21/h2-8,17H,9-10H2,1H3,(H,23,27)/t17-/m1/s1. The molecule has 0 unspecified atom stereocenters. The van der Waals surface area contributed by atoms with Crippen LogP contribution in [0.5, 0.6) is 0 Å². The molecule has 2 aromatic rings. The van der Waals surface area contributed by atoms with Crippen LogP contribution < -0.4 is 5.32 Å². The number of urea groups is 1. The average molecular weight is 403 g/mol. The fourth-order valence-electron chi connectivity index (χ4n) is 3.41. The summed E-state index contributed by atoms with van der Waals surface area (Å²) in [4.78, 5) is 33.0. The third-order valence-corrected chi connectivity index (χ3v) is 5.35. The smallest absolute Gasteiger partial charge is 0.322 e. The first-order chi connectivity index (χ1) is 13.0. The topological polar surface area (TPSA) is 65.5 Å². The zero-order valence-electron chi connectivity index (χ0n) is 14.4. The Balaban J connectivity index is 1.71. The van der Waals surface area contributed by atoms with E-state index in [-0.39, 0.29) is 11.9 Å². The number of nitrogens with one attached hydrogen (secondary N) is 1. The Labute approximate surface area is 166 Å². The number of rotatable bonds is 3. The Morgan fingerprint density at radius 1 is 1.22 bits per heavy atom. The van der Waals surface area contributed by atoms with Crippen LogP contribution in [0, 0.1) is 0 Å². The number of likely N-dealkylation sites (N-methyl/N-ethyl adjacent to an activating group) is 1. The van der Waals surface area contributed by atoms with Gasteiger partial charge >= 0.3 is 6.03 Å². The number of carbonyl (C=O) groups is 2. The Hall–Kier alpha value is -2.57. The number of carbonyl (C=O) groups excluding carboxylic acids is 2. The van der Waals surface area contributed by atoms with E-state index in [9.17, 15) is 9.59 Å². The Morgan fingerprint density at radius 2 is 2.04 bits per heavy atom. The fourth-order valence-corrected chi connectivity index (χ4v) is 3.92. The molecule has 0 spiro atoms. The van der Waals surface area contributed by atoms with E-state index in [1.165, 1.54) is 4.90 Å². The second kappa shape index (κ2) is 6.87. The summed E-state index contributed by atoms with van der Waals surface area (Å²) >= 11 is 12.3. The van der Waals surface area contributed by atoms with E-state index in [0.717, 1.165) is 5.69 Å². The third kappa shape index (κ3) is 3.15. The van der Waals surface area contributed by atoms with E-state index in [2.05, 4.69) is 10.3 Å². The van der Waals surface area contributed by atoms with Crippen molar-refractivity contribution >= 4 is 35.1 Å². The molecule has 1 aromatic carbocycles. The van der Waals surface area contributed by atoms with E-state index in [4.69, 9.17) is 23.2 Å². The van der Waals surface area contributed by atoms with Crippen molar-refractivity contribution in [3.05, 3.63) is 75.2 Å². The molecule has 0 aliphatic carbocycles. The van der Waals surface area contributed by atoms with Gasteiger partial charge in [-0.15, -0.1) is 0 Å². The highest BCUT2D eigenvalue weighted by Crippen LogP contribution is 2.39. The van der Waals surface area contributed by atoms with E-state index < -0.39 is 6.04 Å². The largest absolute Gasteiger partial charge is 0.327 e. The number of benzene rings is 1. The minimum atomic E-state index is -0.616. The number of amides is 3. The first-order valence-corrected chi connectivity index (χ1v) is 9.12. The van der Waals surface area contributed by atoms with Crippen molar-refractivity contribution in [2.75, 3.05) is 13.6 Å². The molecule has 1 N–H and O–H groups in total. The molecule has 0 saturated carbocycles. The van der Waals surface area contributed by atoms with Crippen LogP contribution in [-0.4, -0.2) is 40.3 Å². The molecular weight excluding hydrogens is 387 g/mol. The molecule has 1 atom stereocenters. The summed E-state index contributed by atoms with van der Waals surface area (Å²) in [6.45, 7) is 0.714. The molecule has 0 radical (unpaired) electrons. The summed E-state index contributed by atoms with van der Waals surface area (Å²) in [5, 5.41) is 3.76. The maximum absolute atomic E-state index is 13.2. The maximum Gasteiger partial charge on any atom is 0.322 e. The Morgan fingerprint density at radius 3 is 2.74 bits per heavy atom. The molecule has 0 bridgehead atoms. The molecule has 0 saturated heterocycles. The number of hydrogen-bond donors (Lipinski definition) is 1. The van der Waals surface area contributed by atoms with E-state index in [1.54, 1.807) is 36.3 Å². The molecule has 2 aliphatic heterocycles. The van der Waals surface area contributed by atoms with Gasteiger partial charge in [0.2, 0.25) is 0 Å². The minimum absolute atomic E-state index is 0.140. The third-order valence-electron chi connectivity index (χ3n) is 4.79. The number of halogens is 2. The molecule has 2 aliphatic rings. The quantitative estimate of drug-likeness (QED) is 0.855. The van der Waals surface area contributed by atoms with Crippen LogP contribution in [0.4, 0.5) is 4.79 Å². The van der Waals surface area contributed by atoms with Crippen molar-refractivity contribution in [1.29, 1.82) is 0 Å². The first kappa shape index (κ1) is 17.8. The summed E-state index contributed by atoms with van der Waals surface area (Å²) < 4.78 is 0. The lowest BCUT2D eigenvalue weighted by molar-refractivity contribution is -0.126. The lowest BCUT2D eigenvalue weighted by atomic mass is 9.95. The Kier molecular flexibility index (Phi) is 4.53. The zero-order chi connectivity index (χ0) is 19.1. The SMILES string of the molecule is CN1C(=O)N[C@H](c2ccc(Cl)cc2Cl)C2=C1CN(Cc1ccccn1)C2=O. The van der Waals surface area contributed by atoms with Crippen LogP contribution in [0.2, 0.25) is 10.0 Å². The summed E-state index contributed by atoms with van der Waals surface area (Å²) in [6.07, 6.45) is 1.69. The second-order valence-electron chi connectivity index (χ2n) is 6.45. The van der Waals surface area contributed by atoms with E-state index in [0.29, 0.717) is 40.0 Å². The highest BCUT2D eigenvalue weighted by atomic mass is 35.5. The normalized spacial score (nSPS) is 19.4. The van der Waals surface area contributed by atoms with Crippen LogP contribution in [0.3, 0.4) is 0 Å². The molecule has 8 heteroatoms. The minimum Gasteiger partial charge on any atom is -0.327 e. The van der Waals surface area contributed by atoms with Gasteiger partial charge in [0.05, 0.1) is 36.1 Å². The molecule has 138 valence electrons. The van der Waals surface area contributed by atoms with E-state index in [1.807, 2.05) is 18.2 Å². The average Bonchev–Trinajstić information content (AvgIpc) is 2.96. The molecule has 0 fully saturated rings. The molecule has 4 rings (SSSR count). The number of aromatic nitrogens is 1. The highest BCUT2D eigenvalue weighted by Gasteiger charge is 2.43. The van der Waals surface area contributed by atoms with Crippen molar-refractivity contribution < 1.29 is 9.59 Å². The summed E-state index contributed by atoms with van der Waals surface area (Å²) in [6, 6.07) is 9.71. The zero-order valence-corrected chi connectivity index (χ0v) is 16.0. The van der Waals surface area contributed by atoms with Crippen LogP contribution in [0.15, 0.2) is 53.9 Å². The predicted molar refractivity (Wildman–Crippen MR) is 102 cm³/mol. The maximum atomic E-state index is 13.2. The van der Waals surface area contributed by atoms with Crippen molar-refractivity contribution in [3.63, 3.8) is 0 Å². The summed E-state index contributed by atoms with van der Waals surface area (Å²) in [5.41, 5.74) is 2.63. The van der Waals surface area contributed by atoms with Crippen molar-refractivity contribution in [2.24, 2.45) is 0 Å². The van der Waals surface area contributed by atoms with Crippen LogP contribution in [0.1, 0.15) is 17.3 Å². The van der Waals surface area contributed by atoms with Gasteiger partial charge in [0.15, 0.2) is 0 Å². The molecule has 1 aromatic heterocycles. The summed E-state index contributed by atoms with van der Waals surface area (Å²) in [5.74, 6) is -0.140. The molecule has 3 heterocycles. The van der Waals surface area contributed by atoms with Gasteiger partial charge in [0.25, 0.3) is 5.91 Å². The predicted octanol–water partition coefficient (Wildman–Crippen LogP) is 3.38. The number of hydrogen-bond acceptors (Lipinski definition) is 3. The van der Waals surface area contributed by atoms with Crippen molar-refractivity contribution in [2.45, 2.75) is 12.6 Å². The molecule has 27 heavy (non-hydrogen) atoms. The Bertz CT molecular complexity index is 961. The van der Waals surface area contributed by atoms with Crippen molar-refractivity contribution in [3.8, 4) is 0 Å². The highest BCUT2D eigenvalue weighted by molar-refractivity contribution is 6.35. The lowest BCUT2D eigenvalue weighted by Gasteiger charge is -2.31. The van der Waals surface area contributed by atoms with Gasteiger partial charge in [-0.3, -0.25) is 14.7 Å². The van der Waals surface area contributed by atoms with Gasteiger partial charge in [-0.25, -0.2) is 4.79 Å². The molecule has 6 nitrogen and oxygen atoms in total. The van der Waals surface area contributed by atoms with Crippen LogP contribution in [-0.2, 0) is 11.3 Å². The van der Waals surface area contributed by atoms with Gasteiger partial charge in [0, 0.05) is 23.3 Å².